The Bertz CT molecular complexity index is 208. The van der Waals surface area contributed by atoms with E-state index in [1.54, 1.807) is 0 Å². The first-order chi connectivity index (χ1) is 9.84. The molecule has 2 N–H and O–H groups in total. The van der Waals surface area contributed by atoms with Gasteiger partial charge in [0.2, 0.25) is 0 Å². The van der Waals surface area contributed by atoms with Crippen molar-refractivity contribution in [2.75, 3.05) is 13.2 Å². The van der Waals surface area contributed by atoms with Crippen molar-refractivity contribution in [3.05, 3.63) is 0 Å². The van der Waals surface area contributed by atoms with Gasteiger partial charge in [0.1, 0.15) is 0 Å². The van der Waals surface area contributed by atoms with Crippen LogP contribution in [0.15, 0.2) is 0 Å². The first-order valence-corrected chi connectivity index (χ1v) is 9.18. The normalized spacial score (nSPS) is 24.3. The van der Waals surface area contributed by atoms with Crippen LogP contribution < -0.4 is 5.73 Å². The minimum Gasteiger partial charge on any atom is -0.381 e. The summed E-state index contributed by atoms with van der Waals surface area (Å²) in [7, 11) is 0. The smallest absolute Gasteiger partial charge is 0.0509 e. The molecule has 2 atom stereocenters. The van der Waals surface area contributed by atoms with E-state index in [0.29, 0.717) is 12.0 Å². The molecule has 1 fully saturated rings. The highest BCUT2D eigenvalue weighted by Crippen LogP contribution is 2.22. The zero-order valence-corrected chi connectivity index (χ0v) is 13.7. The predicted octanol–water partition coefficient (Wildman–Crippen LogP) is 5.05. The lowest BCUT2D eigenvalue weighted by Crippen LogP contribution is -2.34. The first-order valence-electron chi connectivity index (χ1n) is 9.18. The van der Waals surface area contributed by atoms with Crippen LogP contribution >= 0.6 is 0 Å². The molecule has 1 aliphatic rings. The molecule has 20 heavy (non-hydrogen) atoms. The summed E-state index contributed by atoms with van der Waals surface area (Å²) in [6.45, 7) is 4.11. The van der Waals surface area contributed by atoms with E-state index < -0.39 is 0 Å². The van der Waals surface area contributed by atoms with Crippen LogP contribution in [0.4, 0.5) is 0 Å². The molecule has 0 amide bonds. The van der Waals surface area contributed by atoms with Gasteiger partial charge in [-0.1, -0.05) is 71.1 Å². The molecule has 0 aromatic carbocycles. The molecule has 1 rings (SSSR count). The Morgan fingerprint density at radius 2 is 1.50 bits per heavy atom. The van der Waals surface area contributed by atoms with Gasteiger partial charge in [-0.25, -0.2) is 0 Å². The molecule has 0 aliphatic heterocycles. The van der Waals surface area contributed by atoms with Gasteiger partial charge in [0.05, 0.1) is 6.61 Å². The molecular formula is C18H37NO. The Morgan fingerprint density at radius 3 is 2.25 bits per heavy atom. The Kier molecular flexibility index (Phi) is 11.4. The van der Waals surface area contributed by atoms with Crippen LogP contribution in [0, 0.1) is 5.92 Å². The van der Waals surface area contributed by atoms with Crippen molar-refractivity contribution in [3.8, 4) is 0 Å². The van der Waals surface area contributed by atoms with Crippen LogP contribution in [-0.2, 0) is 4.74 Å². The molecule has 0 bridgehead atoms. The lowest BCUT2D eigenvalue weighted by Gasteiger charge is -2.26. The largest absolute Gasteiger partial charge is 0.381 e. The van der Waals surface area contributed by atoms with E-state index in [1.165, 1.54) is 83.5 Å². The molecule has 0 heterocycles. The summed E-state index contributed by atoms with van der Waals surface area (Å²) in [5.74, 6) is 0.611. The van der Waals surface area contributed by atoms with Crippen molar-refractivity contribution in [2.45, 2.75) is 96.4 Å². The maximum Gasteiger partial charge on any atom is 0.0509 e. The summed E-state index contributed by atoms with van der Waals surface area (Å²) < 4.78 is 5.89. The number of unbranched alkanes of at least 4 members (excludes halogenated alkanes) is 6. The van der Waals surface area contributed by atoms with E-state index in [-0.39, 0.29) is 0 Å². The van der Waals surface area contributed by atoms with Crippen LogP contribution in [0.3, 0.4) is 0 Å². The van der Waals surface area contributed by atoms with Crippen LogP contribution in [-0.4, -0.2) is 19.3 Å². The minimum atomic E-state index is 0.379. The van der Waals surface area contributed by atoms with Crippen LogP contribution in [0.5, 0.6) is 0 Å². The van der Waals surface area contributed by atoms with Gasteiger partial charge in [0, 0.05) is 12.6 Å². The van der Waals surface area contributed by atoms with Crippen LogP contribution in [0.2, 0.25) is 0 Å². The van der Waals surface area contributed by atoms with E-state index in [2.05, 4.69) is 6.92 Å². The third-order valence-electron chi connectivity index (χ3n) is 4.69. The lowest BCUT2D eigenvalue weighted by atomic mass is 9.88. The van der Waals surface area contributed by atoms with Crippen molar-refractivity contribution >= 4 is 0 Å². The fourth-order valence-corrected chi connectivity index (χ4v) is 3.19. The van der Waals surface area contributed by atoms with E-state index in [0.717, 1.165) is 13.2 Å². The summed E-state index contributed by atoms with van der Waals surface area (Å²) in [5, 5.41) is 0. The second kappa shape index (κ2) is 12.6. The Morgan fingerprint density at radius 1 is 0.850 bits per heavy atom. The monoisotopic (exact) mass is 283 g/mol. The fourth-order valence-electron chi connectivity index (χ4n) is 3.19. The van der Waals surface area contributed by atoms with Gasteiger partial charge in [-0.05, 0) is 25.2 Å². The highest BCUT2D eigenvalue weighted by Gasteiger charge is 2.19. The average Bonchev–Trinajstić information content (AvgIpc) is 2.44. The average molecular weight is 283 g/mol. The molecule has 1 saturated carbocycles. The van der Waals surface area contributed by atoms with E-state index in [4.69, 9.17) is 10.5 Å². The Labute approximate surface area is 126 Å². The third-order valence-corrected chi connectivity index (χ3v) is 4.69. The fraction of sp³-hybridized carbons (Fsp3) is 1.00. The number of hydrogen-bond donors (Lipinski definition) is 1. The zero-order chi connectivity index (χ0) is 14.5. The van der Waals surface area contributed by atoms with Crippen LogP contribution in [0.1, 0.15) is 90.4 Å². The van der Waals surface area contributed by atoms with Gasteiger partial charge >= 0.3 is 0 Å². The highest BCUT2D eigenvalue weighted by atomic mass is 16.5. The molecule has 120 valence electrons. The molecule has 2 nitrogen and oxygen atoms in total. The molecule has 1 aliphatic carbocycles. The predicted molar refractivity (Wildman–Crippen MR) is 88.0 cm³/mol. The van der Waals surface area contributed by atoms with Crippen molar-refractivity contribution < 1.29 is 4.74 Å². The van der Waals surface area contributed by atoms with E-state index in [1.807, 2.05) is 0 Å². The molecular weight excluding hydrogens is 246 g/mol. The van der Waals surface area contributed by atoms with Gasteiger partial charge in [0.25, 0.3) is 0 Å². The summed E-state index contributed by atoms with van der Waals surface area (Å²) >= 11 is 0. The maximum atomic E-state index is 6.28. The molecule has 1 unspecified atom stereocenters. The summed E-state index contributed by atoms with van der Waals surface area (Å²) in [5.41, 5.74) is 6.28. The quantitative estimate of drug-likeness (QED) is 0.569. The van der Waals surface area contributed by atoms with Crippen molar-refractivity contribution in [3.63, 3.8) is 0 Å². The Hall–Kier alpha value is -0.0800. The van der Waals surface area contributed by atoms with Gasteiger partial charge in [0.15, 0.2) is 0 Å². The van der Waals surface area contributed by atoms with E-state index in [9.17, 15) is 0 Å². The first kappa shape index (κ1) is 18.0. The maximum absolute atomic E-state index is 6.28. The lowest BCUT2D eigenvalue weighted by molar-refractivity contribution is 0.0792. The molecule has 0 aromatic heterocycles. The number of ether oxygens (including phenoxy) is 1. The minimum absolute atomic E-state index is 0.379. The van der Waals surface area contributed by atoms with Crippen molar-refractivity contribution in [1.29, 1.82) is 0 Å². The topological polar surface area (TPSA) is 35.2 Å². The molecule has 0 radical (unpaired) electrons. The molecule has 0 saturated heterocycles. The number of rotatable bonds is 10. The van der Waals surface area contributed by atoms with Gasteiger partial charge in [-0.2, -0.15) is 0 Å². The molecule has 0 aromatic rings. The zero-order valence-electron chi connectivity index (χ0n) is 13.7. The third kappa shape index (κ3) is 8.97. The summed E-state index contributed by atoms with van der Waals surface area (Å²) in [6, 6.07) is 0.379. The number of nitrogens with two attached hydrogens (primary N) is 1. The highest BCUT2D eigenvalue weighted by molar-refractivity contribution is 4.75. The van der Waals surface area contributed by atoms with Gasteiger partial charge < -0.3 is 10.5 Å². The molecule has 2 heteroatoms. The molecule has 0 spiro atoms. The van der Waals surface area contributed by atoms with E-state index >= 15 is 0 Å². The van der Waals surface area contributed by atoms with Crippen molar-refractivity contribution in [1.82, 2.24) is 0 Å². The second-order valence-corrected chi connectivity index (χ2v) is 6.61. The Balaban J connectivity index is 1.93. The summed E-state index contributed by atoms with van der Waals surface area (Å²) in [4.78, 5) is 0. The summed E-state index contributed by atoms with van der Waals surface area (Å²) in [6.07, 6.45) is 17.4. The number of hydrogen-bond acceptors (Lipinski definition) is 2. The standard InChI is InChI=1S/C18H37NO/c1-2-3-4-5-6-9-12-15-20-16-17-13-10-7-8-11-14-18(17)19/h17-18H,2-16,19H2,1H3/t17?,18-/m0/s1. The van der Waals surface area contributed by atoms with Gasteiger partial charge in [-0.15, -0.1) is 0 Å². The second-order valence-electron chi connectivity index (χ2n) is 6.61. The SMILES string of the molecule is CCCCCCCCCOCC1CCCCCC[C@@H]1N. The van der Waals surface area contributed by atoms with Crippen LogP contribution in [0.25, 0.3) is 0 Å². The van der Waals surface area contributed by atoms with Crippen molar-refractivity contribution in [2.24, 2.45) is 11.7 Å². The van der Waals surface area contributed by atoms with Gasteiger partial charge in [-0.3, -0.25) is 0 Å².